The highest BCUT2D eigenvalue weighted by molar-refractivity contribution is 14.1. The summed E-state index contributed by atoms with van der Waals surface area (Å²) in [6.45, 7) is 7.77. The maximum atomic E-state index is 6.01. The van der Waals surface area contributed by atoms with Crippen molar-refractivity contribution in [2.75, 3.05) is 38.5 Å². The minimum atomic E-state index is 0.331. The Morgan fingerprint density at radius 2 is 2.00 bits per heavy atom. The second kappa shape index (κ2) is 4.90. The van der Waals surface area contributed by atoms with Crippen molar-refractivity contribution in [2.45, 2.75) is 19.4 Å². The Morgan fingerprint density at radius 3 is 2.56 bits per heavy atom. The molecule has 3 aliphatic heterocycles. The molecule has 1 aromatic rings. The highest BCUT2D eigenvalue weighted by Gasteiger charge is 2.34. The van der Waals surface area contributed by atoms with E-state index < -0.39 is 0 Å². The van der Waals surface area contributed by atoms with E-state index in [-0.39, 0.29) is 0 Å². The largest absolute Gasteiger partial charge is 0.383 e. The number of anilines is 1. The van der Waals surface area contributed by atoms with Gasteiger partial charge in [0.05, 0.1) is 15.3 Å². The molecule has 0 aromatic carbocycles. The summed E-state index contributed by atoms with van der Waals surface area (Å²) >= 11 is 2.24. The van der Waals surface area contributed by atoms with E-state index in [4.69, 9.17) is 10.7 Å². The molecule has 1 aromatic heterocycles. The molecule has 18 heavy (non-hydrogen) atoms. The summed E-state index contributed by atoms with van der Waals surface area (Å²) in [5, 5.41) is 0. The number of hydrogen-bond acceptors (Lipinski definition) is 5. The van der Waals surface area contributed by atoms with E-state index in [9.17, 15) is 0 Å². The van der Waals surface area contributed by atoms with E-state index in [1.807, 2.05) is 0 Å². The molecular weight excluding hydrogens is 341 g/mol. The van der Waals surface area contributed by atoms with Crippen molar-refractivity contribution in [3.8, 4) is 0 Å². The lowest BCUT2D eigenvalue weighted by Gasteiger charge is -2.46. The van der Waals surface area contributed by atoms with Crippen LogP contribution >= 0.6 is 22.6 Å². The van der Waals surface area contributed by atoms with Gasteiger partial charge in [-0.05, 0) is 29.0 Å². The highest BCUT2D eigenvalue weighted by Crippen LogP contribution is 2.28. The molecular formula is C12H18IN5. The Balaban J connectivity index is 1.94. The van der Waals surface area contributed by atoms with Crippen molar-refractivity contribution in [1.82, 2.24) is 19.8 Å². The number of rotatable bonds is 2. The summed E-state index contributed by atoms with van der Waals surface area (Å²) in [7, 11) is 0. The van der Waals surface area contributed by atoms with E-state index >= 15 is 0 Å². The van der Waals surface area contributed by atoms with Crippen molar-refractivity contribution in [1.29, 1.82) is 0 Å². The van der Waals surface area contributed by atoms with E-state index in [0.717, 1.165) is 41.1 Å². The Kier molecular flexibility index (Phi) is 3.42. The van der Waals surface area contributed by atoms with Crippen LogP contribution < -0.4 is 5.73 Å². The van der Waals surface area contributed by atoms with Crippen molar-refractivity contribution in [2.24, 2.45) is 0 Å². The zero-order valence-corrected chi connectivity index (χ0v) is 12.7. The van der Waals surface area contributed by atoms with Gasteiger partial charge in [0.2, 0.25) is 0 Å². The van der Waals surface area contributed by atoms with Gasteiger partial charge in [0.25, 0.3) is 0 Å². The topological polar surface area (TPSA) is 58.3 Å². The van der Waals surface area contributed by atoms with Crippen LogP contribution in [0.25, 0.3) is 0 Å². The molecule has 3 saturated heterocycles. The number of piperazine rings is 3. The molecule has 0 amide bonds. The van der Waals surface area contributed by atoms with Gasteiger partial charge in [0, 0.05) is 32.7 Å². The third kappa shape index (κ3) is 2.10. The Bertz CT molecular complexity index is 456. The average molecular weight is 359 g/mol. The second-order valence-electron chi connectivity index (χ2n) is 4.93. The zero-order valence-electron chi connectivity index (χ0n) is 10.6. The first-order chi connectivity index (χ1) is 8.69. The van der Waals surface area contributed by atoms with E-state index in [1.54, 1.807) is 0 Å². The molecule has 3 fully saturated rings. The summed E-state index contributed by atoms with van der Waals surface area (Å²) in [5.74, 6) is 1.55. The quantitative estimate of drug-likeness (QED) is 0.796. The SMILES string of the molecule is CCc1nc(C2CN3CCN2CC3)nc(N)c1I. The summed E-state index contributed by atoms with van der Waals surface area (Å²) in [5.41, 5.74) is 7.09. The predicted octanol–water partition coefficient (Wildman–Crippen LogP) is 0.898. The lowest BCUT2D eigenvalue weighted by molar-refractivity contribution is 0.00861. The number of aromatic nitrogens is 2. The van der Waals surface area contributed by atoms with Crippen LogP contribution in [0.3, 0.4) is 0 Å². The van der Waals surface area contributed by atoms with Crippen LogP contribution in [-0.4, -0.2) is 52.5 Å². The molecule has 0 radical (unpaired) electrons. The van der Waals surface area contributed by atoms with Crippen LogP contribution in [0.15, 0.2) is 0 Å². The van der Waals surface area contributed by atoms with Crippen LogP contribution in [0, 0.1) is 3.57 Å². The van der Waals surface area contributed by atoms with Gasteiger partial charge < -0.3 is 5.73 Å². The Morgan fingerprint density at radius 1 is 1.28 bits per heavy atom. The molecule has 5 nitrogen and oxygen atoms in total. The number of nitrogen functional groups attached to an aromatic ring is 1. The molecule has 4 heterocycles. The maximum absolute atomic E-state index is 6.01. The normalized spacial score (nSPS) is 30.7. The smallest absolute Gasteiger partial charge is 0.149 e. The van der Waals surface area contributed by atoms with Crippen LogP contribution in [0.5, 0.6) is 0 Å². The number of fused-ring (bicyclic) bond motifs is 3. The van der Waals surface area contributed by atoms with Crippen molar-refractivity contribution < 1.29 is 0 Å². The molecule has 0 aliphatic carbocycles. The number of aryl methyl sites for hydroxylation is 1. The minimum absolute atomic E-state index is 0.331. The molecule has 2 N–H and O–H groups in total. The molecule has 1 unspecified atom stereocenters. The van der Waals surface area contributed by atoms with Gasteiger partial charge in [-0.15, -0.1) is 0 Å². The molecule has 0 spiro atoms. The van der Waals surface area contributed by atoms with E-state index in [0.29, 0.717) is 11.9 Å². The molecule has 0 saturated carbocycles. The number of nitrogens with two attached hydrogens (primary N) is 1. The monoisotopic (exact) mass is 359 g/mol. The van der Waals surface area contributed by atoms with Crippen LogP contribution in [0.1, 0.15) is 24.5 Å². The molecule has 4 rings (SSSR count). The molecule has 98 valence electrons. The highest BCUT2D eigenvalue weighted by atomic mass is 127. The van der Waals surface area contributed by atoms with Crippen molar-refractivity contribution in [3.63, 3.8) is 0 Å². The molecule has 1 atom stereocenters. The predicted molar refractivity (Wildman–Crippen MR) is 79.3 cm³/mol. The van der Waals surface area contributed by atoms with Crippen LogP contribution in [-0.2, 0) is 6.42 Å². The van der Waals surface area contributed by atoms with Crippen LogP contribution in [0.4, 0.5) is 5.82 Å². The zero-order chi connectivity index (χ0) is 12.7. The maximum Gasteiger partial charge on any atom is 0.149 e. The number of hydrogen-bond donors (Lipinski definition) is 1. The minimum Gasteiger partial charge on any atom is -0.383 e. The Hall–Kier alpha value is -0.470. The first kappa shape index (κ1) is 12.6. The molecule has 3 aliphatic rings. The van der Waals surface area contributed by atoms with Crippen molar-refractivity contribution in [3.05, 3.63) is 15.1 Å². The van der Waals surface area contributed by atoms with Gasteiger partial charge in [-0.2, -0.15) is 0 Å². The van der Waals surface area contributed by atoms with Gasteiger partial charge in [-0.1, -0.05) is 6.92 Å². The van der Waals surface area contributed by atoms with Gasteiger partial charge in [0.1, 0.15) is 11.6 Å². The Labute approximate surface area is 121 Å². The lowest BCUT2D eigenvalue weighted by Crippen LogP contribution is -2.57. The first-order valence-corrected chi connectivity index (χ1v) is 7.55. The fraction of sp³-hybridized carbons (Fsp3) is 0.667. The third-order valence-corrected chi connectivity index (χ3v) is 5.05. The summed E-state index contributed by atoms with van der Waals surface area (Å²) in [4.78, 5) is 14.2. The van der Waals surface area contributed by atoms with Gasteiger partial charge in [-0.25, -0.2) is 9.97 Å². The van der Waals surface area contributed by atoms with Gasteiger partial charge in [-0.3, -0.25) is 9.80 Å². The third-order valence-electron chi connectivity index (χ3n) is 3.87. The standard InChI is InChI=1S/C12H18IN5/c1-2-8-10(13)11(14)16-12(15-8)9-7-17-3-5-18(9)6-4-17/h9H,2-7H2,1H3,(H2,14,15,16). The second-order valence-corrected chi connectivity index (χ2v) is 6.01. The number of halogens is 1. The van der Waals surface area contributed by atoms with Crippen LogP contribution in [0.2, 0.25) is 0 Å². The summed E-state index contributed by atoms with van der Waals surface area (Å²) < 4.78 is 1.01. The molecule has 6 heteroatoms. The van der Waals surface area contributed by atoms with E-state index in [1.165, 1.54) is 13.1 Å². The average Bonchev–Trinajstić information content (AvgIpc) is 2.43. The lowest BCUT2D eigenvalue weighted by atomic mass is 10.1. The fourth-order valence-corrected chi connectivity index (χ4v) is 3.40. The van der Waals surface area contributed by atoms with E-state index in [2.05, 4.69) is 44.3 Å². The van der Waals surface area contributed by atoms with Gasteiger partial charge in [0.15, 0.2) is 0 Å². The number of nitrogens with zero attached hydrogens (tertiary/aromatic N) is 4. The van der Waals surface area contributed by atoms with Gasteiger partial charge >= 0.3 is 0 Å². The summed E-state index contributed by atoms with van der Waals surface area (Å²) in [6, 6.07) is 0.331. The fourth-order valence-electron chi connectivity index (χ4n) is 2.78. The first-order valence-electron chi connectivity index (χ1n) is 6.47. The van der Waals surface area contributed by atoms with Crippen molar-refractivity contribution >= 4 is 28.4 Å². The molecule has 2 bridgehead atoms. The summed E-state index contributed by atoms with van der Waals surface area (Å²) in [6.07, 6.45) is 0.911.